The zero-order valence-electron chi connectivity index (χ0n) is 10.7. The molecule has 0 unspecified atom stereocenters. The largest absolute Gasteiger partial charge is 0.396 e. The summed E-state index contributed by atoms with van der Waals surface area (Å²) in [5, 5.41) is 11.9. The number of nitrogen functional groups attached to an aromatic ring is 1. The number of nitrogens with zero attached hydrogens (tertiary/aromatic N) is 2. The van der Waals surface area contributed by atoms with Gasteiger partial charge >= 0.3 is 0 Å². The molecule has 3 aromatic rings. The highest BCUT2D eigenvalue weighted by Crippen LogP contribution is 2.26. The molecule has 0 amide bonds. The second kappa shape index (κ2) is 4.92. The first kappa shape index (κ1) is 12.6. The number of rotatable bonds is 2. The third kappa shape index (κ3) is 2.01. The van der Waals surface area contributed by atoms with Gasteiger partial charge in [0.1, 0.15) is 16.9 Å². The van der Waals surface area contributed by atoms with Gasteiger partial charge in [-0.25, -0.2) is 0 Å². The van der Waals surface area contributed by atoms with E-state index in [2.05, 4.69) is 24.3 Å². The van der Waals surface area contributed by atoms with Crippen LogP contribution in [-0.4, -0.2) is 4.57 Å². The summed E-state index contributed by atoms with van der Waals surface area (Å²) in [6.45, 7) is 0.528. The molecule has 0 aliphatic heterocycles. The van der Waals surface area contributed by atoms with Crippen molar-refractivity contribution in [2.75, 3.05) is 5.73 Å². The van der Waals surface area contributed by atoms with E-state index in [0.29, 0.717) is 23.1 Å². The standard InChI is InChI=1S/C16H12ClN3/c17-16-15(19)8-13(9-18)20(16)10-12-6-3-5-11-4-1-2-7-14(11)12/h1-8H,10,19H2. The molecule has 0 aliphatic carbocycles. The average Bonchev–Trinajstić information content (AvgIpc) is 2.75. The maximum atomic E-state index is 9.16. The molecule has 2 aromatic carbocycles. The molecule has 1 heterocycles. The Morgan fingerprint density at radius 3 is 2.70 bits per heavy atom. The summed E-state index contributed by atoms with van der Waals surface area (Å²) in [4.78, 5) is 0. The lowest BCUT2D eigenvalue weighted by Gasteiger charge is -2.10. The van der Waals surface area contributed by atoms with E-state index < -0.39 is 0 Å². The number of anilines is 1. The number of nitriles is 1. The highest BCUT2D eigenvalue weighted by Gasteiger charge is 2.12. The summed E-state index contributed by atoms with van der Waals surface area (Å²) in [5.41, 5.74) is 7.79. The van der Waals surface area contributed by atoms with E-state index in [4.69, 9.17) is 22.6 Å². The molecule has 4 heteroatoms. The molecule has 3 nitrogen and oxygen atoms in total. The summed E-state index contributed by atoms with van der Waals surface area (Å²) < 4.78 is 1.73. The number of benzene rings is 2. The Labute approximate surface area is 121 Å². The molecule has 0 radical (unpaired) electrons. The molecule has 20 heavy (non-hydrogen) atoms. The van der Waals surface area contributed by atoms with Crippen molar-refractivity contribution in [3.8, 4) is 6.07 Å². The Morgan fingerprint density at radius 2 is 1.90 bits per heavy atom. The quantitative estimate of drug-likeness (QED) is 0.777. The molecule has 0 spiro atoms. The average molecular weight is 282 g/mol. The van der Waals surface area contributed by atoms with Gasteiger partial charge in [-0.2, -0.15) is 5.26 Å². The number of hydrogen-bond donors (Lipinski definition) is 1. The zero-order chi connectivity index (χ0) is 14.1. The van der Waals surface area contributed by atoms with Crippen molar-refractivity contribution in [2.24, 2.45) is 0 Å². The molecule has 0 aliphatic rings. The van der Waals surface area contributed by atoms with Crippen molar-refractivity contribution >= 4 is 28.1 Å². The first-order chi connectivity index (χ1) is 9.70. The van der Waals surface area contributed by atoms with Gasteiger partial charge in [-0.3, -0.25) is 0 Å². The van der Waals surface area contributed by atoms with Gasteiger partial charge in [0, 0.05) is 0 Å². The molecule has 0 saturated heterocycles. The highest BCUT2D eigenvalue weighted by atomic mass is 35.5. The Balaban J connectivity index is 2.13. The van der Waals surface area contributed by atoms with Crippen LogP contribution < -0.4 is 5.73 Å². The fourth-order valence-electron chi connectivity index (χ4n) is 2.39. The Morgan fingerprint density at radius 1 is 1.15 bits per heavy atom. The Bertz CT molecular complexity index is 822. The van der Waals surface area contributed by atoms with Crippen LogP contribution in [0.4, 0.5) is 5.69 Å². The second-order valence-electron chi connectivity index (χ2n) is 4.61. The lowest BCUT2D eigenvalue weighted by Crippen LogP contribution is -2.03. The molecular weight excluding hydrogens is 270 g/mol. The number of aromatic nitrogens is 1. The Kier molecular flexibility index (Phi) is 3.09. The van der Waals surface area contributed by atoms with Crippen LogP contribution in [0, 0.1) is 11.3 Å². The molecule has 3 rings (SSSR count). The first-order valence-electron chi connectivity index (χ1n) is 6.22. The summed E-state index contributed by atoms with van der Waals surface area (Å²) in [7, 11) is 0. The van der Waals surface area contributed by atoms with E-state index >= 15 is 0 Å². The minimum Gasteiger partial charge on any atom is -0.396 e. The lowest BCUT2D eigenvalue weighted by atomic mass is 10.0. The normalized spacial score (nSPS) is 10.6. The van der Waals surface area contributed by atoms with Gasteiger partial charge in [0.25, 0.3) is 0 Å². The first-order valence-corrected chi connectivity index (χ1v) is 6.59. The minimum absolute atomic E-state index is 0.412. The van der Waals surface area contributed by atoms with E-state index in [1.807, 2.05) is 24.3 Å². The van der Waals surface area contributed by atoms with Crippen molar-refractivity contribution in [3.05, 3.63) is 64.9 Å². The number of nitrogens with two attached hydrogens (primary N) is 1. The molecule has 2 N–H and O–H groups in total. The number of hydrogen-bond acceptors (Lipinski definition) is 2. The number of fused-ring (bicyclic) bond motifs is 1. The predicted octanol–water partition coefficient (Wildman–Crippen LogP) is 3.80. The minimum atomic E-state index is 0.412. The van der Waals surface area contributed by atoms with E-state index in [-0.39, 0.29) is 0 Å². The fourth-order valence-corrected chi connectivity index (χ4v) is 2.60. The molecule has 0 atom stereocenters. The maximum absolute atomic E-state index is 9.16. The predicted molar refractivity (Wildman–Crippen MR) is 81.6 cm³/mol. The molecule has 0 bridgehead atoms. The Hall–Kier alpha value is -2.44. The van der Waals surface area contributed by atoms with E-state index in [1.54, 1.807) is 10.6 Å². The molecule has 98 valence electrons. The monoisotopic (exact) mass is 281 g/mol. The summed E-state index contributed by atoms with van der Waals surface area (Å²) in [6, 6.07) is 18.0. The van der Waals surface area contributed by atoms with Gasteiger partial charge in [-0.1, -0.05) is 54.1 Å². The van der Waals surface area contributed by atoms with Crippen molar-refractivity contribution in [1.29, 1.82) is 5.26 Å². The molecular formula is C16H12ClN3. The van der Waals surface area contributed by atoms with Crippen molar-refractivity contribution in [3.63, 3.8) is 0 Å². The van der Waals surface area contributed by atoms with Gasteiger partial charge in [0.2, 0.25) is 0 Å². The number of halogens is 1. The molecule has 0 saturated carbocycles. The third-order valence-electron chi connectivity index (χ3n) is 3.38. The highest BCUT2D eigenvalue weighted by molar-refractivity contribution is 6.32. The van der Waals surface area contributed by atoms with Crippen LogP contribution in [0.3, 0.4) is 0 Å². The molecule has 0 fully saturated rings. The van der Waals surface area contributed by atoms with Crippen LogP contribution in [0.1, 0.15) is 11.3 Å². The molecule has 1 aromatic heterocycles. The van der Waals surface area contributed by atoms with Gasteiger partial charge in [0.05, 0.1) is 12.2 Å². The van der Waals surface area contributed by atoms with Crippen LogP contribution in [0.15, 0.2) is 48.5 Å². The van der Waals surface area contributed by atoms with Gasteiger partial charge in [0.15, 0.2) is 0 Å². The van der Waals surface area contributed by atoms with Crippen molar-refractivity contribution < 1.29 is 0 Å². The summed E-state index contributed by atoms with van der Waals surface area (Å²) in [5.74, 6) is 0. The van der Waals surface area contributed by atoms with Crippen LogP contribution >= 0.6 is 11.6 Å². The van der Waals surface area contributed by atoms with Crippen molar-refractivity contribution in [1.82, 2.24) is 4.57 Å². The van der Waals surface area contributed by atoms with Gasteiger partial charge in [-0.15, -0.1) is 0 Å². The van der Waals surface area contributed by atoms with Crippen LogP contribution in [0.25, 0.3) is 10.8 Å². The van der Waals surface area contributed by atoms with Crippen molar-refractivity contribution in [2.45, 2.75) is 6.54 Å². The fraction of sp³-hybridized carbons (Fsp3) is 0.0625. The van der Waals surface area contributed by atoms with Gasteiger partial charge < -0.3 is 10.3 Å². The topological polar surface area (TPSA) is 54.7 Å². The van der Waals surface area contributed by atoms with E-state index in [9.17, 15) is 0 Å². The van der Waals surface area contributed by atoms with Crippen LogP contribution in [-0.2, 0) is 6.54 Å². The maximum Gasteiger partial charge on any atom is 0.133 e. The summed E-state index contributed by atoms with van der Waals surface area (Å²) in [6.07, 6.45) is 0. The van der Waals surface area contributed by atoms with Crippen LogP contribution in [0.2, 0.25) is 5.15 Å². The third-order valence-corrected chi connectivity index (χ3v) is 3.80. The van der Waals surface area contributed by atoms with E-state index in [0.717, 1.165) is 10.9 Å². The summed E-state index contributed by atoms with van der Waals surface area (Å²) >= 11 is 6.18. The van der Waals surface area contributed by atoms with E-state index in [1.165, 1.54) is 5.39 Å². The zero-order valence-corrected chi connectivity index (χ0v) is 11.4. The second-order valence-corrected chi connectivity index (χ2v) is 4.97. The lowest BCUT2D eigenvalue weighted by molar-refractivity contribution is 0.800. The SMILES string of the molecule is N#Cc1cc(N)c(Cl)n1Cc1cccc2ccccc12. The van der Waals surface area contributed by atoms with Crippen LogP contribution in [0.5, 0.6) is 0 Å². The smallest absolute Gasteiger partial charge is 0.133 e. The van der Waals surface area contributed by atoms with Gasteiger partial charge in [-0.05, 0) is 22.4 Å².